The zero-order valence-electron chi connectivity index (χ0n) is 11.6. The molecule has 3 nitrogen and oxygen atoms in total. The zero-order chi connectivity index (χ0) is 15.5. The van der Waals surface area contributed by atoms with E-state index in [1.807, 2.05) is 42.5 Å². The van der Waals surface area contributed by atoms with Gasteiger partial charge in [-0.2, -0.15) is 0 Å². The molecule has 0 aliphatic heterocycles. The minimum absolute atomic E-state index is 0.0774. The molecular weight excluding hydrogens is 300 g/mol. The third-order valence-corrected chi connectivity index (χ3v) is 3.60. The van der Waals surface area contributed by atoms with Crippen molar-refractivity contribution in [2.24, 2.45) is 0 Å². The molecule has 0 unspecified atom stereocenters. The van der Waals surface area contributed by atoms with Gasteiger partial charge in [-0.1, -0.05) is 54.1 Å². The summed E-state index contributed by atoms with van der Waals surface area (Å²) >= 11 is 5.92. The van der Waals surface area contributed by atoms with E-state index < -0.39 is 5.63 Å². The molecule has 0 aliphatic carbocycles. The molecule has 22 heavy (non-hydrogen) atoms. The van der Waals surface area contributed by atoms with Crippen LogP contribution >= 0.6 is 11.6 Å². The van der Waals surface area contributed by atoms with Gasteiger partial charge < -0.3 is 9.52 Å². The lowest BCUT2D eigenvalue weighted by Crippen LogP contribution is -2.06. The van der Waals surface area contributed by atoms with E-state index in [9.17, 15) is 9.90 Å². The van der Waals surface area contributed by atoms with Crippen molar-refractivity contribution in [2.45, 2.75) is 6.42 Å². The van der Waals surface area contributed by atoms with Crippen LogP contribution in [-0.2, 0) is 6.42 Å². The SMILES string of the molecule is O=c1oc2ccc(Cl)cc2c(O)c1C/C=C/c1ccccc1. The second kappa shape index (κ2) is 6.08. The van der Waals surface area contributed by atoms with Crippen LogP contribution in [0, 0.1) is 0 Å². The Morgan fingerprint density at radius 1 is 1.14 bits per heavy atom. The van der Waals surface area contributed by atoms with Crippen LogP contribution in [0.3, 0.4) is 0 Å². The van der Waals surface area contributed by atoms with Crippen LogP contribution < -0.4 is 5.63 Å². The van der Waals surface area contributed by atoms with E-state index >= 15 is 0 Å². The fraction of sp³-hybridized carbons (Fsp3) is 0.0556. The van der Waals surface area contributed by atoms with Crippen molar-refractivity contribution in [3.05, 3.63) is 81.2 Å². The summed E-state index contributed by atoms with van der Waals surface area (Å²) in [5.74, 6) is -0.0774. The van der Waals surface area contributed by atoms with Crippen molar-refractivity contribution in [3.8, 4) is 5.75 Å². The fourth-order valence-electron chi connectivity index (χ4n) is 2.25. The number of hydrogen-bond donors (Lipinski definition) is 1. The van der Waals surface area contributed by atoms with Crippen molar-refractivity contribution < 1.29 is 9.52 Å². The lowest BCUT2D eigenvalue weighted by molar-refractivity contribution is 0.459. The van der Waals surface area contributed by atoms with Crippen molar-refractivity contribution in [3.63, 3.8) is 0 Å². The lowest BCUT2D eigenvalue weighted by atomic mass is 10.1. The fourth-order valence-corrected chi connectivity index (χ4v) is 2.43. The first-order chi connectivity index (χ1) is 10.6. The van der Waals surface area contributed by atoms with E-state index in [0.717, 1.165) is 5.56 Å². The first-order valence-electron chi connectivity index (χ1n) is 6.81. The zero-order valence-corrected chi connectivity index (χ0v) is 12.4. The Labute approximate surface area is 132 Å². The van der Waals surface area contributed by atoms with Crippen molar-refractivity contribution >= 4 is 28.6 Å². The number of aromatic hydroxyl groups is 1. The van der Waals surface area contributed by atoms with Crippen LogP contribution in [0.1, 0.15) is 11.1 Å². The molecule has 0 bridgehead atoms. The molecule has 0 radical (unpaired) electrons. The van der Waals surface area contributed by atoms with Gasteiger partial charge in [0.1, 0.15) is 11.3 Å². The van der Waals surface area contributed by atoms with Gasteiger partial charge >= 0.3 is 5.63 Å². The Bertz CT molecular complexity index is 895. The molecule has 1 heterocycles. The minimum atomic E-state index is -0.537. The first kappa shape index (κ1) is 14.4. The number of allylic oxidation sites excluding steroid dienone is 1. The Morgan fingerprint density at radius 2 is 1.91 bits per heavy atom. The minimum Gasteiger partial charge on any atom is -0.507 e. The molecule has 3 rings (SSSR count). The molecule has 0 saturated carbocycles. The van der Waals surface area contributed by atoms with E-state index in [-0.39, 0.29) is 17.7 Å². The molecule has 0 spiro atoms. The quantitative estimate of drug-likeness (QED) is 0.729. The standard InChI is InChI=1S/C18H13ClO3/c19-13-9-10-16-15(11-13)17(20)14(18(21)22-16)8-4-7-12-5-2-1-3-6-12/h1-7,9-11,20H,8H2/b7-4+. The van der Waals surface area contributed by atoms with Gasteiger partial charge in [0.25, 0.3) is 0 Å². The van der Waals surface area contributed by atoms with Gasteiger partial charge in [-0.3, -0.25) is 0 Å². The lowest BCUT2D eigenvalue weighted by Gasteiger charge is -2.04. The highest BCUT2D eigenvalue weighted by atomic mass is 35.5. The van der Waals surface area contributed by atoms with Gasteiger partial charge in [-0.15, -0.1) is 0 Å². The summed E-state index contributed by atoms with van der Waals surface area (Å²) in [4.78, 5) is 12.0. The molecule has 0 fully saturated rings. The monoisotopic (exact) mass is 312 g/mol. The number of fused-ring (bicyclic) bond motifs is 1. The maximum Gasteiger partial charge on any atom is 0.343 e. The summed E-state index contributed by atoms with van der Waals surface area (Å²) in [6.07, 6.45) is 3.99. The topological polar surface area (TPSA) is 50.4 Å². The summed E-state index contributed by atoms with van der Waals surface area (Å²) in [5, 5.41) is 11.2. The third kappa shape index (κ3) is 2.90. The molecule has 0 saturated heterocycles. The van der Waals surface area contributed by atoms with Gasteiger partial charge in [-0.05, 0) is 23.8 Å². The highest BCUT2D eigenvalue weighted by Crippen LogP contribution is 2.29. The second-order valence-electron chi connectivity index (χ2n) is 4.87. The molecule has 0 amide bonds. The van der Waals surface area contributed by atoms with Crippen LogP contribution in [0.5, 0.6) is 5.75 Å². The van der Waals surface area contributed by atoms with Crippen LogP contribution in [-0.4, -0.2) is 5.11 Å². The maximum atomic E-state index is 12.0. The van der Waals surface area contributed by atoms with Crippen molar-refractivity contribution in [2.75, 3.05) is 0 Å². The first-order valence-corrected chi connectivity index (χ1v) is 7.19. The normalized spacial score (nSPS) is 11.3. The van der Waals surface area contributed by atoms with E-state index in [0.29, 0.717) is 16.0 Å². The summed E-state index contributed by atoms with van der Waals surface area (Å²) in [6, 6.07) is 14.5. The molecule has 110 valence electrons. The average Bonchev–Trinajstić information content (AvgIpc) is 2.52. The summed E-state index contributed by atoms with van der Waals surface area (Å²) < 4.78 is 5.22. The molecule has 0 aliphatic rings. The van der Waals surface area contributed by atoms with Gasteiger partial charge in [0.15, 0.2) is 0 Å². The van der Waals surface area contributed by atoms with Crippen molar-refractivity contribution in [1.29, 1.82) is 0 Å². The Hall–Kier alpha value is -2.52. The predicted molar refractivity (Wildman–Crippen MR) is 88.3 cm³/mol. The number of rotatable bonds is 3. The summed E-state index contributed by atoms with van der Waals surface area (Å²) in [6.45, 7) is 0. The molecule has 1 N–H and O–H groups in total. The van der Waals surface area contributed by atoms with Crippen LogP contribution in [0.2, 0.25) is 5.02 Å². The van der Waals surface area contributed by atoms with Crippen LogP contribution in [0.25, 0.3) is 17.0 Å². The summed E-state index contributed by atoms with van der Waals surface area (Å²) in [7, 11) is 0. The summed E-state index contributed by atoms with van der Waals surface area (Å²) in [5.41, 5.74) is 1.03. The number of halogens is 1. The second-order valence-corrected chi connectivity index (χ2v) is 5.31. The molecule has 4 heteroatoms. The van der Waals surface area contributed by atoms with Gasteiger partial charge in [0, 0.05) is 11.4 Å². The smallest absolute Gasteiger partial charge is 0.343 e. The number of hydrogen-bond acceptors (Lipinski definition) is 3. The Kier molecular flexibility index (Phi) is 3.98. The van der Waals surface area contributed by atoms with E-state index in [4.69, 9.17) is 16.0 Å². The average molecular weight is 313 g/mol. The number of benzene rings is 2. The highest BCUT2D eigenvalue weighted by molar-refractivity contribution is 6.31. The molecular formula is C18H13ClO3. The largest absolute Gasteiger partial charge is 0.507 e. The van der Waals surface area contributed by atoms with E-state index in [2.05, 4.69) is 0 Å². The molecule has 0 atom stereocenters. The Balaban J connectivity index is 1.97. The Morgan fingerprint density at radius 3 is 2.68 bits per heavy atom. The highest BCUT2D eigenvalue weighted by Gasteiger charge is 2.12. The molecule has 3 aromatic rings. The van der Waals surface area contributed by atoms with Crippen LogP contribution in [0.15, 0.2) is 63.8 Å². The molecule has 1 aromatic heterocycles. The third-order valence-electron chi connectivity index (χ3n) is 3.36. The van der Waals surface area contributed by atoms with E-state index in [1.54, 1.807) is 18.2 Å². The van der Waals surface area contributed by atoms with Crippen LogP contribution in [0.4, 0.5) is 0 Å². The van der Waals surface area contributed by atoms with E-state index in [1.165, 1.54) is 0 Å². The van der Waals surface area contributed by atoms with Gasteiger partial charge in [0.2, 0.25) is 0 Å². The predicted octanol–water partition coefficient (Wildman–Crippen LogP) is 4.41. The maximum absolute atomic E-state index is 12.0. The van der Waals surface area contributed by atoms with Gasteiger partial charge in [-0.25, -0.2) is 4.79 Å². The van der Waals surface area contributed by atoms with Gasteiger partial charge in [0.05, 0.1) is 10.9 Å². The van der Waals surface area contributed by atoms with Crippen molar-refractivity contribution in [1.82, 2.24) is 0 Å². The molecule has 2 aromatic carbocycles.